The molecule has 1 aromatic rings. The smallest absolute Gasteiger partial charge is 0.227 e. The predicted molar refractivity (Wildman–Crippen MR) is 135 cm³/mol. The van der Waals surface area contributed by atoms with Crippen LogP contribution in [0, 0.1) is 5.92 Å². The molecule has 8 heteroatoms. The van der Waals surface area contributed by atoms with E-state index in [9.17, 15) is 4.79 Å². The lowest BCUT2D eigenvalue weighted by Crippen LogP contribution is -2.54. The Balaban J connectivity index is 0.00000320. The maximum atomic E-state index is 12.6. The minimum Gasteiger partial charge on any atom is -0.356 e. The van der Waals surface area contributed by atoms with Crippen molar-refractivity contribution in [2.75, 3.05) is 59.4 Å². The number of carbonyl (C=O) groups excluding carboxylic acids is 1. The highest BCUT2D eigenvalue weighted by atomic mass is 127. The van der Waals surface area contributed by atoms with Gasteiger partial charge in [-0.3, -0.25) is 9.79 Å². The van der Waals surface area contributed by atoms with Crippen LogP contribution in [0.2, 0.25) is 5.02 Å². The normalized spacial score (nSPS) is 20.6. The predicted octanol–water partition coefficient (Wildman–Crippen LogP) is 2.95. The largest absolute Gasteiger partial charge is 0.356 e. The number of piperidine rings is 1. The third-order valence-corrected chi connectivity index (χ3v) is 6.22. The van der Waals surface area contributed by atoms with Crippen LogP contribution in [0.15, 0.2) is 29.3 Å². The van der Waals surface area contributed by atoms with E-state index in [0.29, 0.717) is 17.4 Å². The Morgan fingerprint density at radius 2 is 1.93 bits per heavy atom. The molecule has 2 aliphatic rings. The summed E-state index contributed by atoms with van der Waals surface area (Å²) in [6.45, 7) is 9.83. The molecule has 0 spiro atoms. The molecule has 0 radical (unpaired) electrons. The summed E-state index contributed by atoms with van der Waals surface area (Å²) in [4.78, 5) is 23.9. The topological polar surface area (TPSA) is 51.2 Å². The van der Waals surface area contributed by atoms with Crippen LogP contribution in [-0.4, -0.2) is 86.0 Å². The summed E-state index contributed by atoms with van der Waals surface area (Å²) in [5.41, 5.74) is 0.969. The lowest BCUT2D eigenvalue weighted by Gasteiger charge is -2.37. The molecule has 0 bridgehead atoms. The number of halogens is 2. The van der Waals surface area contributed by atoms with E-state index in [2.05, 4.69) is 27.0 Å². The molecule has 1 N–H and O–H groups in total. The van der Waals surface area contributed by atoms with Crippen LogP contribution in [0.5, 0.6) is 0 Å². The van der Waals surface area contributed by atoms with Crippen molar-refractivity contribution in [2.45, 2.75) is 26.2 Å². The lowest BCUT2D eigenvalue weighted by molar-refractivity contribution is -0.131. The first-order chi connectivity index (χ1) is 14.1. The first kappa shape index (κ1) is 25.2. The lowest BCUT2D eigenvalue weighted by atomic mass is 9.98. The molecule has 2 heterocycles. The maximum absolute atomic E-state index is 12.6. The first-order valence-corrected chi connectivity index (χ1v) is 11.2. The van der Waals surface area contributed by atoms with Crippen molar-refractivity contribution < 1.29 is 4.79 Å². The van der Waals surface area contributed by atoms with Gasteiger partial charge in [0.2, 0.25) is 5.91 Å². The zero-order valence-corrected chi connectivity index (χ0v) is 21.2. The van der Waals surface area contributed by atoms with E-state index in [-0.39, 0.29) is 29.9 Å². The van der Waals surface area contributed by atoms with Crippen molar-refractivity contribution in [2.24, 2.45) is 10.9 Å². The summed E-state index contributed by atoms with van der Waals surface area (Å²) in [5.74, 6) is 1.80. The fourth-order valence-electron chi connectivity index (χ4n) is 4.27. The Morgan fingerprint density at radius 3 is 2.60 bits per heavy atom. The van der Waals surface area contributed by atoms with Gasteiger partial charge in [0.1, 0.15) is 0 Å². The molecule has 6 nitrogen and oxygen atoms in total. The van der Waals surface area contributed by atoms with Crippen molar-refractivity contribution >= 4 is 47.4 Å². The van der Waals surface area contributed by atoms with Crippen LogP contribution in [-0.2, 0) is 11.2 Å². The maximum Gasteiger partial charge on any atom is 0.227 e. The summed E-state index contributed by atoms with van der Waals surface area (Å²) in [5, 5.41) is 4.25. The van der Waals surface area contributed by atoms with E-state index in [1.54, 1.807) is 0 Å². The van der Waals surface area contributed by atoms with Gasteiger partial charge < -0.3 is 20.0 Å². The number of piperazine rings is 1. The highest BCUT2D eigenvalue weighted by Gasteiger charge is 2.24. The number of rotatable bonds is 5. The number of aliphatic imine (C=N–C) groups is 1. The molecule has 0 aromatic heterocycles. The van der Waals surface area contributed by atoms with Gasteiger partial charge in [0.15, 0.2) is 5.96 Å². The minimum atomic E-state index is 0. The number of amides is 1. The van der Waals surface area contributed by atoms with E-state index in [1.807, 2.05) is 36.2 Å². The quantitative estimate of drug-likeness (QED) is 0.350. The van der Waals surface area contributed by atoms with E-state index < -0.39 is 0 Å². The van der Waals surface area contributed by atoms with Crippen LogP contribution in [0.4, 0.5) is 0 Å². The summed E-state index contributed by atoms with van der Waals surface area (Å²) in [6.07, 6.45) is 2.97. The zero-order chi connectivity index (χ0) is 20.6. The van der Waals surface area contributed by atoms with E-state index in [1.165, 1.54) is 25.9 Å². The van der Waals surface area contributed by atoms with E-state index in [4.69, 9.17) is 11.6 Å². The molecule has 0 aliphatic carbocycles. The Bertz CT molecular complexity index is 709. The fourth-order valence-corrected chi connectivity index (χ4v) is 4.49. The summed E-state index contributed by atoms with van der Waals surface area (Å²) in [7, 11) is 1.85. The molecule has 3 rings (SSSR count). The number of guanidine groups is 1. The number of benzene rings is 1. The van der Waals surface area contributed by atoms with Crippen LogP contribution >= 0.6 is 35.6 Å². The average molecular weight is 548 g/mol. The van der Waals surface area contributed by atoms with Gasteiger partial charge in [-0.15, -0.1) is 24.0 Å². The SMILES string of the molecule is CCN1CCCC(CNC(=NC)N2CCN(C(=O)Cc3cccc(Cl)c3)CC2)C1.I. The Morgan fingerprint density at radius 1 is 1.20 bits per heavy atom. The van der Waals surface area contributed by atoms with Crippen LogP contribution in [0.25, 0.3) is 0 Å². The summed E-state index contributed by atoms with van der Waals surface area (Å²) >= 11 is 6.03. The van der Waals surface area contributed by atoms with Gasteiger partial charge in [-0.1, -0.05) is 30.7 Å². The molecular weight excluding hydrogens is 513 g/mol. The molecule has 30 heavy (non-hydrogen) atoms. The second kappa shape index (κ2) is 12.7. The zero-order valence-electron chi connectivity index (χ0n) is 18.1. The van der Waals surface area contributed by atoms with Gasteiger partial charge in [0, 0.05) is 51.3 Å². The Labute approximate surface area is 203 Å². The highest BCUT2D eigenvalue weighted by molar-refractivity contribution is 14.0. The van der Waals surface area contributed by atoms with Crippen molar-refractivity contribution in [1.82, 2.24) is 20.0 Å². The number of likely N-dealkylation sites (tertiary alicyclic amines) is 1. The third-order valence-electron chi connectivity index (χ3n) is 5.99. The average Bonchev–Trinajstić information content (AvgIpc) is 2.75. The third kappa shape index (κ3) is 7.27. The minimum absolute atomic E-state index is 0. The second-order valence-electron chi connectivity index (χ2n) is 8.00. The van der Waals surface area contributed by atoms with Crippen LogP contribution in [0.3, 0.4) is 0 Å². The van der Waals surface area contributed by atoms with Crippen molar-refractivity contribution in [3.05, 3.63) is 34.9 Å². The summed E-state index contributed by atoms with van der Waals surface area (Å²) in [6, 6.07) is 7.55. The molecule has 1 unspecified atom stereocenters. The number of hydrogen-bond donors (Lipinski definition) is 1. The van der Waals surface area contributed by atoms with Crippen LogP contribution in [0.1, 0.15) is 25.3 Å². The highest BCUT2D eigenvalue weighted by Crippen LogP contribution is 2.16. The van der Waals surface area contributed by atoms with Crippen molar-refractivity contribution in [1.29, 1.82) is 0 Å². The van der Waals surface area contributed by atoms with E-state index >= 15 is 0 Å². The number of carbonyl (C=O) groups is 1. The van der Waals surface area contributed by atoms with Gasteiger partial charge in [-0.05, 0) is 49.5 Å². The molecule has 1 atom stereocenters. The van der Waals surface area contributed by atoms with E-state index in [0.717, 1.165) is 50.8 Å². The van der Waals surface area contributed by atoms with Gasteiger partial charge in [0.05, 0.1) is 6.42 Å². The van der Waals surface area contributed by atoms with Gasteiger partial charge >= 0.3 is 0 Å². The number of nitrogens with one attached hydrogen (secondary N) is 1. The van der Waals surface area contributed by atoms with Gasteiger partial charge in [-0.25, -0.2) is 0 Å². The molecule has 2 saturated heterocycles. The summed E-state index contributed by atoms with van der Waals surface area (Å²) < 4.78 is 0. The number of hydrogen-bond acceptors (Lipinski definition) is 3. The molecule has 1 amide bonds. The van der Waals surface area contributed by atoms with Crippen LogP contribution < -0.4 is 5.32 Å². The Hall–Kier alpha value is -1.06. The van der Waals surface area contributed by atoms with Gasteiger partial charge in [-0.2, -0.15) is 0 Å². The van der Waals surface area contributed by atoms with Crippen molar-refractivity contribution in [3.8, 4) is 0 Å². The number of nitrogens with zero attached hydrogens (tertiary/aromatic N) is 4. The standard InChI is InChI=1S/C22H34ClN5O.HI/c1-3-26-9-5-7-19(17-26)16-25-22(24-2)28-12-10-27(11-13-28)21(29)15-18-6-4-8-20(23)14-18;/h4,6,8,14,19H,3,5,7,9-13,15-17H2,1-2H3,(H,24,25);1H. The molecular formula is C22H35ClIN5O. The second-order valence-corrected chi connectivity index (χ2v) is 8.44. The first-order valence-electron chi connectivity index (χ1n) is 10.8. The molecule has 168 valence electrons. The fraction of sp³-hybridized carbons (Fsp3) is 0.636. The molecule has 0 saturated carbocycles. The monoisotopic (exact) mass is 547 g/mol. The molecule has 2 fully saturated rings. The molecule has 1 aromatic carbocycles. The molecule has 2 aliphatic heterocycles. The Kier molecular flexibility index (Phi) is 10.7. The van der Waals surface area contributed by atoms with Gasteiger partial charge in [0.25, 0.3) is 0 Å². The van der Waals surface area contributed by atoms with Crippen molar-refractivity contribution in [3.63, 3.8) is 0 Å².